The average Bonchev–Trinajstić information content (AvgIpc) is 3.00. The number of likely N-dealkylation sites (tertiary alicyclic amines) is 2. The zero-order valence-electron chi connectivity index (χ0n) is 28.7. The van der Waals surface area contributed by atoms with E-state index in [1.807, 2.05) is 6.07 Å². The number of hydrogen-bond donors (Lipinski definition) is 1. The van der Waals surface area contributed by atoms with E-state index in [0.717, 1.165) is 45.1 Å². The number of amides is 1. The van der Waals surface area contributed by atoms with Gasteiger partial charge in [-0.1, -0.05) is 47.1 Å². The van der Waals surface area contributed by atoms with Gasteiger partial charge in [-0.2, -0.15) is 0 Å². The molecule has 4 aliphatic rings. The van der Waals surface area contributed by atoms with Gasteiger partial charge in [0.15, 0.2) is 0 Å². The third-order valence-electron chi connectivity index (χ3n) is 12.6. The zero-order valence-corrected chi connectivity index (χ0v) is 28.7. The van der Waals surface area contributed by atoms with E-state index in [1.54, 1.807) is 0 Å². The summed E-state index contributed by atoms with van der Waals surface area (Å²) in [6, 6.07) is 7.34. The molecule has 2 aliphatic heterocycles. The molecule has 1 N–H and O–H groups in total. The molecule has 0 radical (unpaired) electrons. The number of fused-ring (bicyclic) bond motifs is 3. The molecular weight excluding hydrogens is 546 g/mol. The van der Waals surface area contributed by atoms with E-state index in [1.165, 1.54) is 69.2 Å². The van der Waals surface area contributed by atoms with Crippen molar-refractivity contribution < 1.29 is 14.3 Å². The molecule has 0 bridgehead atoms. The monoisotopic (exact) mass is 607 g/mol. The maximum atomic E-state index is 13.0. The lowest BCUT2D eigenvalue weighted by atomic mass is 9.51. The first-order chi connectivity index (χ1) is 21.0. The molecule has 2 heterocycles. The number of ether oxygens (including phenoxy) is 1. The number of rotatable bonds is 10. The quantitative estimate of drug-likeness (QED) is 0.275. The van der Waals surface area contributed by atoms with Crippen molar-refractivity contribution in [3.8, 4) is 5.75 Å². The Bertz CT molecular complexity index is 1120. The first kappa shape index (κ1) is 33.4. The summed E-state index contributed by atoms with van der Waals surface area (Å²) in [5.74, 6) is 2.95. The minimum absolute atomic E-state index is 0.184. The van der Waals surface area contributed by atoms with E-state index in [2.05, 4.69) is 68.9 Å². The summed E-state index contributed by atoms with van der Waals surface area (Å²) in [6.07, 6.45) is 14.0. The normalized spacial score (nSPS) is 28.6. The molecule has 0 aromatic heterocycles. The molecule has 0 spiro atoms. The molecule has 246 valence electrons. The number of nitrogens with zero attached hydrogens (tertiary/aromatic N) is 2. The van der Waals surface area contributed by atoms with E-state index in [4.69, 9.17) is 4.74 Å². The first-order valence-electron chi connectivity index (χ1n) is 18.0. The van der Waals surface area contributed by atoms with Crippen molar-refractivity contribution in [2.75, 3.05) is 33.2 Å². The van der Waals surface area contributed by atoms with Crippen LogP contribution in [-0.2, 0) is 11.2 Å². The van der Waals surface area contributed by atoms with Crippen molar-refractivity contribution in [2.45, 2.75) is 130 Å². The number of carbonyl (C=O) groups excluding carboxylic acids is 2. The summed E-state index contributed by atoms with van der Waals surface area (Å²) >= 11 is 0. The van der Waals surface area contributed by atoms with Crippen molar-refractivity contribution in [1.29, 1.82) is 0 Å². The third kappa shape index (κ3) is 7.89. The molecule has 3 unspecified atom stereocenters. The van der Waals surface area contributed by atoms with Crippen LogP contribution in [0.4, 0.5) is 4.79 Å². The lowest BCUT2D eigenvalue weighted by Crippen LogP contribution is -2.51. The fourth-order valence-corrected chi connectivity index (χ4v) is 9.28. The van der Waals surface area contributed by atoms with Crippen molar-refractivity contribution in [3.63, 3.8) is 0 Å². The summed E-state index contributed by atoms with van der Waals surface area (Å²) in [7, 11) is 2.22. The molecule has 2 saturated heterocycles. The third-order valence-corrected chi connectivity index (χ3v) is 12.6. The van der Waals surface area contributed by atoms with Gasteiger partial charge in [0.1, 0.15) is 12.0 Å². The van der Waals surface area contributed by atoms with Crippen LogP contribution in [-0.4, -0.2) is 67.5 Å². The minimum Gasteiger partial charge on any atom is -0.410 e. The molecule has 1 aromatic carbocycles. The summed E-state index contributed by atoms with van der Waals surface area (Å²) in [6.45, 7) is 16.5. The van der Waals surface area contributed by atoms with E-state index in [-0.39, 0.29) is 17.6 Å². The predicted octanol–water partition coefficient (Wildman–Crippen LogP) is 7.84. The number of benzene rings is 1. The SMILES string of the molecule is CCC(C)(C)CC[C@@H]1Cc2cc(OC(=O)NC3CCN(C4CCN(C)CC4)CC3)ccc2C2CCC(C)(C)C(CCC=O)C21. The van der Waals surface area contributed by atoms with Gasteiger partial charge in [-0.05, 0) is 142 Å². The van der Waals surface area contributed by atoms with Crippen molar-refractivity contribution >= 4 is 12.4 Å². The molecule has 2 aliphatic carbocycles. The summed E-state index contributed by atoms with van der Waals surface area (Å²) in [5.41, 5.74) is 3.42. The molecule has 1 amide bonds. The van der Waals surface area contributed by atoms with Crippen LogP contribution < -0.4 is 10.1 Å². The second kappa shape index (κ2) is 14.2. The molecule has 5 rings (SSSR count). The maximum absolute atomic E-state index is 13.0. The van der Waals surface area contributed by atoms with E-state index in [0.29, 0.717) is 47.3 Å². The Morgan fingerprint density at radius 1 is 1.07 bits per heavy atom. The van der Waals surface area contributed by atoms with E-state index in [9.17, 15) is 9.59 Å². The Kier molecular flexibility index (Phi) is 10.8. The Morgan fingerprint density at radius 2 is 1.80 bits per heavy atom. The Balaban J connectivity index is 1.24. The van der Waals surface area contributed by atoms with Crippen molar-refractivity contribution in [3.05, 3.63) is 29.3 Å². The highest BCUT2D eigenvalue weighted by Gasteiger charge is 2.49. The van der Waals surface area contributed by atoms with E-state index >= 15 is 0 Å². The average molecular weight is 608 g/mol. The lowest BCUT2D eigenvalue weighted by Gasteiger charge is -2.54. The smallest absolute Gasteiger partial charge is 0.410 e. The highest BCUT2D eigenvalue weighted by atomic mass is 16.6. The van der Waals surface area contributed by atoms with Crippen LogP contribution in [0.3, 0.4) is 0 Å². The largest absolute Gasteiger partial charge is 0.412 e. The lowest BCUT2D eigenvalue weighted by molar-refractivity contribution is -0.108. The van der Waals surface area contributed by atoms with Gasteiger partial charge in [-0.15, -0.1) is 0 Å². The van der Waals surface area contributed by atoms with Gasteiger partial charge in [0.25, 0.3) is 0 Å². The van der Waals surface area contributed by atoms with Gasteiger partial charge in [0.2, 0.25) is 0 Å². The van der Waals surface area contributed by atoms with Gasteiger partial charge >= 0.3 is 6.09 Å². The van der Waals surface area contributed by atoms with Crippen LogP contribution in [0, 0.1) is 28.6 Å². The van der Waals surface area contributed by atoms with Crippen LogP contribution >= 0.6 is 0 Å². The van der Waals surface area contributed by atoms with Crippen LogP contribution in [0.1, 0.15) is 122 Å². The topological polar surface area (TPSA) is 61.9 Å². The number of nitrogens with one attached hydrogen (secondary N) is 1. The predicted molar refractivity (Wildman–Crippen MR) is 179 cm³/mol. The van der Waals surface area contributed by atoms with Gasteiger partial charge in [-0.3, -0.25) is 0 Å². The summed E-state index contributed by atoms with van der Waals surface area (Å²) < 4.78 is 5.94. The number of hydrogen-bond acceptors (Lipinski definition) is 5. The summed E-state index contributed by atoms with van der Waals surface area (Å²) in [4.78, 5) is 29.6. The second-order valence-electron chi connectivity index (χ2n) is 16.3. The Morgan fingerprint density at radius 3 is 2.48 bits per heavy atom. The zero-order chi connectivity index (χ0) is 31.5. The van der Waals surface area contributed by atoms with E-state index < -0.39 is 0 Å². The van der Waals surface area contributed by atoms with Crippen molar-refractivity contribution in [1.82, 2.24) is 15.1 Å². The van der Waals surface area contributed by atoms with Gasteiger partial charge in [-0.25, -0.2) is 4.79 Å². The van der Waals surface area contributed by atoms with Crippen molar-refractivity contribution in [2.24, 2.45) is 28.6 Å². The Hall–Kier alpha value is -1.92. The van der Waals surface area contributed by atoms with Crippen LogP contribution in [0.2, 0.25) is 0 Å². The molecule has 1 saturated carbocycles. The number of aldehydes is 1. The minimum atomic E-state index is -0.314. The Labute approximate surface area is 268 Å². The van der Waals surface area contributed by atoms with Gasteiger partial charge < -0.3 is 24.6 Å². The van der Waals surface area contributed by atoms with Crippen LogP contribution in [0.5, 0.6) is 5.75 Å². The molecule has 44 heavy (non-hydrogen) atoms. The highest BCUT2D eigenvalue weighted by molar-refractivity contribution is 5.71. The molecule has 1 aromatic rings. The molecule has 6 nitrogen and oxygen atoms in total. The molecule has 3 fully saturated rings. The fourth-order valence-electron chi connectivity index (χ4n) is 9.28. The maximum Gasteiger partial charge on any atom is 0.412 e. The molecular formula is C38H61N3O3. The first-order valence-corrected chi connectivity index (χ1v) is 18.0. The number of carbonyl (C=O) groups is 2. The van der Waals surface area contributed by atoms with Gasteiger partial charge in [0, 0.05) is 31.6 Å². The molecule has 4 atom stereocenters. The highest BCUT2D eigenvalue weighted by Crippen LogP contribution is 2.58. The fraction of sp³-hybridized carbons (Fsp3) is 0.789. The second-order valence-corrected chi connectivity index (χ2v) is 16.3. The molecule has 6 heteroatoms. The van der Waals surface area contributed by atoms with Crippen LogP contribution in [0.25, 0.3) is 0 Å². The van der Waals surface area contributed by atoms with Gasteiger partial charge in [0.05, 0.1) is 0 Å². The number of piperidine rings is 2. The standard InChI is InChI=1S/C38H61N3O3/c1-7-37(2,3)18-12-27-25-28-26-31(10-11-32(28)33-13-19-38(4,5)34(35(27)33)9-8-24-42)44-36(43)39-29-14-22-41(23-15-29)30-16-20-40(6)21-17-30/h10-11,24,26-27,29-30,33-35H,7-9,12-23,25H2,1-6H3,(H,39,43)/t27-,33?,34?,35?/m1/s1. The van der Waals surface area contributed by atoms with Crippen LogP contribution in [0.15, 0.2) is 18.2 Å². The summed E-state index contributed by atoms with van der Waals surface area (Å²) in [5, 5.41) is 3.19.